The van der Waals surface area contributed by atoms with Gasteiger partial charge < -0.3 is 5.11 Å². The second-order valence-electron chi connectivity index (χ2n) is 11.2. The van der Waals surface area contributed by atoms with Gasteiger partial charge in [0.2, 0.25) is 0 Å². The summed E-state index contributed by atoms with van der Waals surface area (Å²) in [5, 5.41) is 10.9. The number of aromatic nitrogens is 1. The minimum atomic E-state index is -0.635. The maximum absolute atomic E-state index is 10.9. The summed E-state index contributed by atoms with van der Waals surface area (Å²) in [4.78, 5) is 4.77. The van der Waals surface area contributed by atoms with Gasteiger partial charge in [-0.15, -0.1) is 0 Å². The molecule has 0 aliphatic heterocycles. The molecule has 0 spiro atoms. The van der Waals surface area contributed by atoms with Gasteiger partial charge in [-0.1, -0.05) is 101 Å². The summed E-state index contributed by atoms with van der Waals surface area (Å²) in [5.41, 5.74) is 9.39. The van der Waals surface area contributed by atoms with E-state index in [0.717, 1.165) is 57.1 Å². The summed E-state index contributed by atoms with van der Waals surface area (Å²) in [6.45, 7) is 11.2. The minimum absolute atomic E-state index is 0.0315. The molecule has 0 atom stereocenters. The van der Waals surface area contributed by atoms with E-state index in [1.165, 1.54) is 45.4 Å². The van der Waals surface area contributed by atoms with Crippen molar-refractivity contribution in [2.45, 2.75) is 103 Å². The summed E-state index contributed by atoms with van der Waals surface area (Å²) >= 11 is 0. The van der Waals surface area contributed by atoms with Crippen LogP contribution < -0.4 is 0 Å². The van der Waals surface area contributed by atoms with E-state index in [1.54, 1.807) is 0 Å². The van der Waals surface area contributed by atoms with Crippen LogP contribution in [0.1, 0.15) is 106 Å². The highest BCUT2D eigenvalue weighted by Gasteiger charge is 2.31. The molecule has 4 rings (SSSR count). The number of hydrogen-bond donors (Lipinski definition) is 1. The van der Waals surface area contributed by atoms with Crippen LogP contribution in [0.4, 0.5) is 0 Å². The fourth-order valence-electron chi connectivity index (χ4n) is 6.24. The molecule has 196 valence electrons. The highest BCUT2D eigenvalue weighted by atomic mass is 16.3. The maximum atomic E-state index is 10.9. The lowest BCUT2D eigenvalue weighted by Gasteiger charge is -2.34. The minimum Gasteiger partial charge on any atom is -0.386 e. The molecule has 0 bridgehead atoms. The van der Waals surface area contributed by atoms with Gasteiger partial charge in [-0.2, -0.15) is 0 Å². The Morgan fingerprint density at radius 3 is 2.11 bits per heavy atom. The molecule has 2 heteroatoms. The van der Waals surface area contributed by atoms with Crippen molar-refractivity contribution in [2.24, 2.45) is 0 Å². The number of hydrogen-bond acceptors (Lipinski definition) is 2. The molecule has 0 unspecified atom stereocenters. The third-order valence-electron chi connectivity index (χ3n) is 8.74. The number of rotatable bonds is 9. The fraction of sp³-hybridized carbons (Fsp3) is 0.457. The number of benzene rings is 2. The molecule has 3 aromatic rings. The number of aliphatic hydroxyl groups is 1. The van der Waals surface area contributed by atoms with Crippen LogP contribution in [0, 0.1) is 13.8 Å². The predicted molar refractivity (Wildman–Crippen MR) is 158 cm³/mol. The lowest BCUT2D eigenvalue weighted by Crippen LogP contribution is -2.28. The lowest BCUT2D eigenvalue weighted by atomic mass is 9.69. The smallest absolute Gasteiger partial charge is 0.0830 e. The molecule has 2 aromatic carbocycles. The van der Waals surface area contributed by atoms with Crippen LogP contribution in [0.2, 0.25) is 0 Å². The van der Waals surface area contributed by atoms with Gasteiger partial charge in [0.1, 0.15) is 0 Å². The third-order valence-corrected chi connectivity index (χ3v) is 8.74. The van der Waals surface area contributed by atoms with Gasteiger partial charge in [-0.25, -0.2) is 0 Å². The van der Waals surface area contributed by atoms with Crippen molar-refractivity contribution in [1.82, 2.24) is 4.98 Å². The molecule has 0 radical (unpaired) electrons. The third kappa shape index (κ3) is 5.91. The van der Waals surface area contributed by atoms with Crippen molar-refractivity contribution in [3.63, 3.8) is 0 Å². The Bertz CT molecular complexity index is 1210. The van der Waals surface area contributed by atoms with E-state index < -0.39 is 5.60 Å². The second-order valence-corrected chi connectivity index (χ2v) is 11.2. The summed E-state index contributed by atoms with van der Waals surface area (Å²) in [6.07, 6.45) is 15.8. The van der Waals surface area contributed by atoms with Gasteiger partial charge >= 0.3 is 0 Å². The normalized spacial score (nSPS) is 15.8. The Morgan fingerprint density at radius 1 is 0.865 bits per heavy atom. The topological polar surface area (TPSA) is 33.1 Å². The van der Waals surface area contributed by atoms with Crippen molar-refractivity contribution in [3.05, 3.63) is 94.2 Å². The Kier molecular flexibility index (Phi) is 8.70. The summed E-state index contributed by atoms with van der Waals surface area (Å²) < 4.78 is 0. The quantitative estimate of drug-likeness (QED) is 0.321. The first-order chi connectivity index (χ1) is 17.8. The molecular weight excluding hydrogens is 450 g/mol. The van der Waals surface area contributed by atoms with E-state index in [1.807, 2.05) is 12.3 Å². The van der Waals surface area contributed by atoms with E-state index in [2.05, 4.69) is 89.2 Å². The summed E-state index contributed by atoms with van der Waals surface area (Å²) in [5.74, 6) is 0. The second kappa shape index (κ2) is 11.8. The molecule has 1 aliphatic rings. The van der Waals surface area contributed by atoms with Gasteiger partial charge in [0.25, 0.3) is 0 Å². The van der Waals surface area contributed by atoms with Crippen molar-refractivity contribution in [1.29, 1.82) is 0 Å². The molecule has 1 aliphatic carbocycles. The van der Waals surface area contributed by atoms with Crippen LogP contribution in [0.5, 0.6) is 0 Å². The van der Waals surface area contributed by atoms with Gasteiger partial charge in [-0.3, -0.25) is 4.98 Å². The molecule has 1 heterocycles. The van der Waals surface area contributed by atoms with Crippen molar-refractivity contribution in [3.8, 4) is 11.3 Å². The van der Waals surface area contributed by atoms with Crippen molar-refractivity contribution < 1.29 is 5.11 Å². The summed E-state index contributed by atoms with van der Waals surface area (Å²) in [6, 6.07) is 18.3. The van der Waals surface area contributed by atoms with Gasteiger partial charge in [0, 0.05) is 17.2 Å². The van der Waals surface area contributed by atoms with E-state index in [9.17, 15) is 5.11 Å². The first kappa shape index (κ1) is 27.3. The fourth-order valence-corrected chi connectivity index (χ4v) is 6.24. The van der Waals surface area contributed by atoms with E-state index in [4.69, 9.17) is 4.98 Å². The molecule has 1 fully saturated rings. The number of nitrogens with zero attached hydrogens (tertiary/aromatic N) is 1. The van der Waals surface area contributed by atoms with E-state index >= 15 is 0 Å². The zero-order valence-corrected chi connectivity index (χ0v) is 23.6. The van der Waals surface area contributed by atoms with E-state index in [-0.39, 0.29) is 5.41 Å². The number of pyridine rings is 1. The average molecular weight is 496 g/mol. The Hall–Kier alpha value is -2.71. The summed E-state index contributed by atoms with van der Waals surface area (Å²) in [7, 11) is 0. The molecule has 1 aromatic heterocycles. The van der Waals surface area contributed by atoms with Crippen LogP contribution in [-0.4, -0.2) is 15.7 Å². The SMILES string of the molecule is CCCc1ccc(-c2ccc(C(CC)(CC)c3ccc(/C=C/C4(O)CCCCC4)c(C)c3)cc2C)nc1. The predicted octanol–water partition coefficient (Wildman–Crippen LogP) is 9.13. The first-order valence-electron chi connectivity index (χ1n) is 14.4. The molecule has 37 heavy (non-hydrogen) atoms. The van der Waals surface area contributed by atoms with Crippen LogP contribution in [-0.2, 0) is 11.8 Å². The molecule has 1 N–H and O–H groups in total. The monoisotopic (exact) mass is 495 g/mol. The zero-order valence-electron chi connectivity index (χ0n) is 23.6. The largest absolute Gasteiger partial charge is 0.386 e. The average Bonchev–Trinajstić information content (AvgIpc) is 2.90. The van der Waals surface area contributed by atoms with E-state index in [0.29, 0.717) is 0 Å². The van der Waals surface area contributed by atoms with Crippen molar-refractivity contribution in [2.75, 3.05) is 0 Å². The van der Waals surface area contributed by atoms with Crippen LogP contribution in [0.25, 0.3) is 17.3 Å². The lowest BCUT2D eigenvalue weighted by molar-refractivity contribution is 0.0521. The van der Waals surface area contributed by atoms with Crippen LogP contribution in [0.3, 0.4) is 0 Å². The zero-order chi connectivity index (χ0) is 26.5. The van der Waals surface area contributed by atoms with Crippen LogP contribution in [0.15, 0.2) is 60.8 Å². The Labute approximate surface area is 224 Å². The van der Waals surface area contributed by atoms with Gasteiger partial charge in [0.15, 0.2) is 0 Å². The van der Waals surface area contributed by atoms with Crippen LogP contribution >= 0.6 is 0 Å². The number of aryl methyl sites for hydroxylation is 3. The first-order valence-corrected chi connectivity index (χ1v) is 14.4. The van der Waals surface area contributed by atoms with Gasteiger partial charge in [0.05, 0.1) is 11.3 Å². The standard InChI is InChI=1S/C35H45NO/c1-6-12-28-13-18-33(36-25-28)32-17-16-31(24-27(32)5)35(7-2,8-3)30-15-14-29(26(4)23-30)19-22-34(37)20-10-9-11-21-34/h13-19,22-25,37H,6-12,20-21H2,1-5H3/b22-19+. The molecular formula is C35H45NO. The molecule has 2 nitrogen and oxygen atoms in total. The molecule has 0 amide bonds. The highest BCUT2D eigenvalue weighted by Crippen LogP contribution is 2.41. The molecule has 1 saturated carbocycles. The Morgan fingerprint density at radius 2 is 1.54 bits per heavy atom. The highest BCUT2D eigenvalue weighted by molar-refractivity contribution is 5.65. The van der Waals surface area contributed by atoms with Gasteiger partial charge in [-0.05, 0) is 85.4 Å². The Balaban J connectivity index is 1.63. The molecule has 0 saturated heterocycles. The maximum Gasteiger partial charge on any atom is 0.0830 e. The van der Waals surface area contributed by atoms with Crippen molar-refractivity contribution >= 4 is 6.08 Å².